The van der Waals surface area contributed by atoms with Gasteiger partial charge >= 0.3 is 0 Å². The van der Waals surface area contributed by atoms with Crippen molar-refractivity contribution < 1.29 is 9.59 Å². The van der Waals surface area contributed by atoms with Crippen LogP contribution in [-0.2, 0) is 9.59 Å². The molecule has 1 fully saturated rings. The monoisotopic (exact) mass is 269 g/mol. The van der Waals surface area contributed by atoms with Gasteiger partial charge in [-0.2, -0.15) is 0 Å². The van der Waals surface area contributed by atoms with Gasteiger partial charge < -0.3 is 15.5 Å². The molecule has 0 atom stereocenters. The molecular formula is C14H27N3O2. The fourth-order valence-electron chi connectivity index (χ4n) is 2.56. The van der Waals surface area contributed by atoms with Crippen LogP contribution in [0.4, 0.5) is 0 Å². The summed E-state index contributed by atoms with van der Waals surface area (Å²) in [5.41, 5.74) is 5.41. The molecule has 0 unspecified atom stereocenters. The fourth-order valence-corrected chi connectivity index (χ4v) is 2.56. The molecule has 1 rings (SSSR count). The molecule has 2 amide bonds. The number of hydrogen-bond donors (Lipinski definition) is 1. The maximum atomic E-state index is 12.4. The van der Waals surface area contributed by atoms with Crippen molar-refractivity contribution >= 4 is 11.8 Å². The number of piperidine rings is 1. The molecule has 0 bridgehead atoms. The first-order valence-corrected chi connectivity index (χ1v) is 7.15. The standard InChI is InChI=1S/C14H27N3O2/c1-5-14(15,6-2)13(19)17-9-7-11(8-10-17)12(18)16(3)4/h11H,5-10,15H2,1-4H3. The van der Waals surface area contributed by atoms with Crippen LogP contribution in [0.5, 0.6) is 0 Å². The molecule has 5 nitrogen and oxygen atoms in total. The molecule has 0 aromatic carbocycles. The van der Waals surface area contributed by atoms with Gasteiger partial charge in [0.05, 0.1) is 5.54 Å². The largest absolute Gasteiger partial charge is 0.349 e. The molecule has 1 saturated heterocycles. The first kappa shape index (κ1) is 16.0. The van der Waals surface area contributed by atoms with Crippen molar-refractivity contribution in [1.29, 1.82) is 0 Å². The maximum Gasteiger partial charge on any atom is 0.242 e. The van der Waals surface area contributed by atoms with Crippen LogP contribution in [0.1, 0.15) is 39.5 Å². The van der Waals surface area contributed by atoms with Crippen molar-refractivity contribution in [1.82, 2.24) is 9.80 Å². The summed E-state index contributed by atoms with van der Waals surface area (Å²) in [4.78, 5) is 27.7. The Kier molecular flexibility index (Phi) is 5.35. The summed E-state index contributed by atoms with van der Waals surface area (Å²) in [6, 6.07) is 0. The number of hydrogen-bond acceptors (Lipinski definition) is 3. The number of nitrogens with zero attached hydrogens (tertiary/aromatic N) is 2. The van der Waals surface area contributed by atoms with E-state index in [0.29, 0.717) is 25.9 Å². The van der Waals surface area contributed by atoms with Crippen molar-refractivity contribution in [2.24, 2.45) is 11.7 Å². The molecule has 1 aliphatic heterocycles. The highest BCUT2D eigenvalue weighted by Gasteiger charge is 2.36. The highest BCUT2D eigenvalue weighted by atomic mass is 16.2. The Balaban J connectivity index is 2.59. The second-order valence-corrected chi connectivity index (χ2v) is 5.66. The summed E-state index contributed by atoms with van der Waals surface area (Å²) >= 11 is 0. The van der Waals surface area contributed by atoms with Gasteiger partial charge in [-0.1, -0.05) is 13.8 Å². The molecule has 110 valence electrons. The lowest BCUT2D eigenvalue weighted by molar-refractivity contribution is -0.142. The zero-order valence-corrected chi connectivity index (χ0v) is 12.6. The quantitative estimate of drug-likeness (QED) is 0.822. The van der Waals surface area contributed by atoms with Crippen molar-refractivity contribution in [3.63, 3.8) is 0 Å². The topological polar surface area (TPSA) is 66.6 Å². The van der Waals surface area contributed by atoms with Crippen molar-refractivity contribution in [3.05, 3.63) is 0 Å². The highest BCUT2D eigenvalue weighted by Crippen LogP contribution is 2.23. The molecule has 19 heavy (non-hydrogen) atoms. The van der Waals surface area contributed by atoms with Gasteiger partial charge in [-0.05, 0) is 25.7 Å². The van der Waals surface area contributed by atoms with Crippen LogP contribution in [0, 0.1) is 5.92 Å². The molecule has 0 aromatic rings. The Morgan fingerprint density at radius 2 is 1.68 bits per heavy atom. The Hall–Kier alpha value is -1.10. The van der Waals surface area contributed by atoms with Crippen LogP contribution in [0.25, 0.3) is 0 Å². The average molecular weight is 269 g/mol. The lowest BCUT2D eigenvalue weighted by Crippen LogP contribution is -2.56. The number of amides is 2. The lowest BCUT2D eigenvalue weighted by atomic mass is 9.89. The number of carbonyl (C=O) groups is 2. The van der Waals surface area contributed by atoms with Crippen LogP contribution in [-0.4, -0.2) is 54.3 Å². The number of carbonyl (C=O) groups excluding carboxylic acids is 2. The molecular weight excluding hydrogens is 242 g/mol. The van der Waals surface area contributed by atoms with E-state index in [-0.39, 0.29) is 17.7 Å². The minimum atomic E-state index is -0.738. The second kappa shape index (κ2) is 6.37. The molecule has 5 heteroatoms. The smallest absolute Gasteiger partial charge is 0.242 e. The Morgan fingerprint density at radius 3 is 2.05 bits per heavy atom. The van der Waals surface area contributed by atoms with Crippen LogP contribution >= 0.6 is 0 Å². The van der Waals surface area contributed by atoms with Gasteiger partial charge in [0.25, 0.3) is 0 Å². The summed E-state index contributed by atoms with van der Waals surface area (Å²) in [7, 11) is 3.55. The molecule has 0 aliphatic carbocycles. The van der Waals surface area contributed by atoms with E-state index in [2.05, 4.69) is 0 Å². The minimum Gasteiger partial charge on any atom is -0.349 e. The minimum absolute atomic E-state index is 0.0354. The molecule has 1 heterocycles. The first-order valence-electron chi connectivity index (χ1n) is 7.15. The summed E-state index contributed by atoms with van der Waals surface area (Å²) in [6.07, 6.45) is 2.79. The molecule has 0 spiro atoms. The van der Waals surface area contributed by atoms with E-state index in [1.807, 2.05) is 18.7 Å². The van der Waals surface area contributed by atoms with E-state index in [1.54, 1.807) is 19.0 Å². The van der Waals surface area contributed by atoms with Crippen LogP contribution in [0.2, 0.25) is 0 Å². The van der Waals surface area contributed by atoms with E-state index in [0.717, 1.165) is 12.8 Å². The summed E-state index contributed by atoms with van der Waals surface area (Å²) < 4.78 is 0. The first-order chi connectivity index (χ1) is 8.85. The predicted octanol–water partition coefficient (Wildman–Crippen LogP) is 0.831. The molecule has 0 radical (unpaired) electrons. The molecule has 1 aliphatic rings. The zero-order valence-electron chi connectivity index (χ0n) is 12.6. The molecule has 0 saturated carbocycles. The van der Waals surface area contributed by atoms with Crippen LogP contribution in [0.3, 0.4) is 0 Å². The Bertz CT molecular complexity index is 330. The lowest BCUT2D eigenvalue weighted by Gasteiger charge is -2.37. The van der Waals surface area contributed by atoms with Gasteiger partial charge in [0.15, 0.2) is 0 Å². The highest BCUT2D eigenvalue weighted by molar-refractivity contribution is 5.86. The maximum absolute atomic E-state index is 12.4. The van der Waals surface area contributed by atoms with E-state index in [4.69, 9.17) is 5.73 Å². The third-order valence-corrected chi connectivity index (χ3v) is 4.26. The van der Waals surface area contributed by atoms with Gasteiger partial charge in [-0.3, -0.25) is 9.59 Å². The number of rotatable bonds is 4. The second-order valence-electron chi connectivity index (χ2n) is 5.66. The van der Waals surface area contributed by atoms with Gasteiger partial charge in [-0.25, -0.2) is 0 Å². The number of likely N-dealkylation sites (tertiary alicyclic amines) is 1. The van der Waals surface area contributed by atoms with Gasteiger partial charge in [0.1, 0.15) is 0 Å². The predicted molar refractivity (Wildman–Crippen MR) is 75.5 cm³/mol. The van der Waals surface area contributed by atoms with E-state index in [1.165, 1.54) is 0 Å². The summed E-state index contributed by atoms with van der Waals surface area (Å²) in [5.74, 6) is 0.250. The van der Waals surface area contributed by atoms with E-state index < -0.39 is 5.54 Å². The third kappa shape index (κ3) is 3.47. The van der Waals surface area contributed by atoms with Crippen molar-refractivity contribution in [2.45, 2.75) is 45.1 Å². The summed E-state index contributed by atoms with van der Waals surface area (Å²) in [5, 5.41) is 0. The third-order valence-electron chi connectivity index (χ3n) is 4.26. The van der Waals surface area contributed by atoms with Gasteiger partial charge in [-0.15, -0.1) is 0 Å². The molecule has 0 aromatic heterocycles. The normalized spacial score (nSPS) is 17.4. The van der Waals surface area contributed by atoms with Gasteiger partial charge in [0.2, 0.25) is 11.8 Å². The van der Waals surface area contributed by atoms with E-state index in [9.17, 15) is 9.59 Å². The SMILES string of the molecule is CCC(N)(CC)C(=O)N1CCC(C(=O)N(C)C)CC1. The number of nitrogens with two attached hydrogens (primary N) is 1. The Labute approximate surface area is 116 Å². The van der Waals surface area contributed by atoms with Crippen LogP contribution in [0.15, 0.2) is 0 Å². The van der Waals surface area contributed by atoms with Crippen molar-refractivity contribution in [2.75, 3.05) is 27.2 Å². The van der Waals surface area contributed by atoms with Crippen LogP contribution < -0.4 is 5.73 Å². The summed E-state index contributed by atoms with van der Waals surface area (Å²) in [6.45, 7) is 5.18. The van der Waals surface area contributed by atoms with Gasteiger partial charge in [0, 0.05) is 33.1 Å². The Morgan fingerprint density at radius 1 is 1.21 bits per heavy atom. The van der Waals surface area contributed by atoms with Crippen molar-refractivity contribution in [3.8, 4) is 0 Å². The zero-order chi connectivity index (χ0) is 14.6. The fraction of sp³-hybridized carbons (Fsp3) is 0.857. The average Bonchev–Trinajstić information content (AvgIpc) is 2.44. The molecule has 2 N–H and O–H groups in total. The van der Waals surface area contributed by atoms with E-state index >= 15 is 0 Å².